The number of hydrogen-bond acceptors (Lipinski definition) is 3. The number of benzene rings is 3. The minimum Gasteiger partial charge on any atom is -0.507 e. The molecule has 0 radical (unpaired) electrons. The maximum Gasteiger partial charge on any atom is 0.313 e. The normalized spacial score (nSPS) is 10.4. The van der Waals surface area contributed by atoms with Crippen molar-refractivity contribution in [3.8, 4) is 5.75 Å². The van der Waals surface area contributed by atoms with Gasteiger partial charge in [0.15, 0.2) is 0 Å². The zero-order chi connectivity index (χ0) is 17.6. The van der Waals surface area contributed by atoms with Crippen molar-refractivity contribution in [2.24, 2.45) is 0 Å². The number of fused-ring (bicyclic) bond motifs is 1. The van der Waals surface area contributed by atoms with Crippen molar-refractivity contribution >= 4 is 28.3 Å². The number of anilines is 1. The Kier molecular flexibility index (Phi) is 4.95. The SMILES string of the molecule is O=C(NCCc1ccccc1)C(=O)Nc1cccc2c(O)cccc12. The van der Waals surface area contributed by atoms with Crippen LogP contribution in [0.25, 0.3) is 10.8 Å². The summed E-state index contributed by atoms with van der Waals surface area (Å²) in [5, 5.41) is 16.4. The fraction of sp³-hybridized carbons (Fsp3) is 0.100. The molecule has 3 rings (SSSR count). The Labute approximate surface area is 145 Å². The molecule has 0 unspecified atom stereocenters. The van der Waals surface area contributed by atoms with Crippen molar-refractivity contribution in [2.45, 2.75) is 6.42 Å². The van der Waals surface area contributed by atoms with Gasteiger partial charge in [-0.15, -0.1) is 0 Å². The standard InChI is InChI=1S/C20H18N2O3/c23-18-11-5-8-15-16(18)9-4-10-17(15)22-20(25)19(24)21-13-12-14-6-2-1-3-7-14/h1-11,23H,12-13H2,(H,21,24)(H,22,25). The number of rotatable bonds is 4. The molecule has 25 heavy (non-hydrogen) atoms. The molecule has 2 amide bonds. The van der Waals surface area contributed by atoms with E-state index in [1.165, 1.54) is 0 Å². The van der Waals surface area contributed by atoms with Gasteiger partial charge in [0.1, 0.15) is 5.75 Å². The largest absolute Gasteiger partial charge is 0.507 e. The summed E-state index contributed by atoms with van der Waals surface area (Å²) in [5.41, 5.74) is 1.57. The highest BCUT2D eigenvalue weighted by Crippen LogP contribution is 2.29. The molecule has 126 valence electrons. The minimum absolute atomic E-state index is 0.126. The fourth-order valence-electron chi connectivity index (χ4n) is 2.63. The Morgan fingerprint density at radius 3 is 2.32 bits per heavy atom. The number of carbonyl (C=O) groups excluding carboxylic acids is 2. The number of hydrogen-bond donors (Lipinski definition) is 3. The van der Waals surface area contributed by atoms with E-state index in [1.807, 2.05) is 30.3 Å². The second kappa shape index (κ2) is 7.49. The molecule has 0 aliphatic carbocycles. The molecule has 0 aromatic heterocycles. The quantitative estimate of drug-likeness (QED) is 0.642. The monoisotopic (exact) mass is 334 g/mol. The number of phenols is 1. The lowest BCUT2D eigenvalue weighted by Crippen LogP contribution is -2.36. The Morgan fingerprint density at radius 2 is 1.52 bits per heavy atom. The average molecular weight is 334 g/mol. The summed E-state index contributed by atoms with van der Waals surface area (Å²) in [6.45, 7) is 0.382. The molecule has 0 saturated carbocycles. The van der Waals surface area contributed by atoms with Crippen LogP contribution in [0.15, 0.2) is 66.7 Å². The van der Waals surface area contributed by atoms with E-state index in [9.17, 15) is 14.7 Å². The van der Waals surface area contributed by atoms with Crippen LogP contribution in [0.4, 0.5) is 5.69 Å². The van der Waals surface area contributed by atoms with Crippen molar-refractivity contribution in [1.29, 1.82) is 0 Å². The molecule has 3 N–H and O–H groups in total. The van der Waals surface area contributed by atoms with E-state index in [2.05, 4.69) is 10.6 Å². The Balaban J connectivity index is 1.62. The first-order chi connectivity index (χ1) is 12.1. The first-order valence-electron chi connectivity index (χ1n) is 7.99. The fourth-order valence-corrected chi connectivity index (χ4v) is 2.63. The smallest absolute Gasteiger partial charge is 0.313 e. The summed E-state index contributed by atoms with van der Waals surface area (Å²) in [6.07, 6.45) is 0.655. The second-order valence-electron chi connectivity index (χ2n) is 5.62. The zero-order valence-electron chi connectivity index (χ0n) is 13.5. The average Bonchev–Trinajstić information content (AvgIpc) is 2.63. The molecular formula is C20H18N2O3. The molecule has 3 aromatic carbocycles. The number of phenolic OH excluding ortho intramolecular Hbond substituents is 1. The molecule has 0 aliphatic rings. The Bertz CT molecular complexity index is 907. The highest BCUT2D eigenvalue weighted by Gasteiger charge is 2.14. The summed E-state index contributed by atoms with van der Waals surface area (Å²) in [5.74, 6) is -1.29. The summed E-state index contributed by atoms with van der Waals surface area (Å²) in [6, 6.07) is 19.9. The first-order valence-corrected chi connectivity index (χ1v) is 7.99. The van der Waals surface area contributed by atoms with Crippen LogP contribution in [-0.4, -0.2) is 23.5 Å². The van der Waals surface area contributed by atoms with Crippen molar-refractivity contribution in [3.63, 3.8) is 0 Å². The highest BCUT2D eigenvalue weighted by atomic mass is 16.3. The maximum absolute atomic E-state index is 12.1. The molecule has 0 fully saturated rings. The van der Waals surface area contributed by atoms with Gasteiger partial charge in [-0.2, -0.15) is 0 Å². The molecule has 0 atom stereocenters. The van der Waals surface area contributed by atoms with Crippen LogP contribution in [0.2, 0.25) is 0 Å². The molecule has 0 bridgehead atoms. The van der Waals surface area contributed by atoms with Crippen LogP contribution >= 0.6 is 0 Å². The van der Waals surface area contributed by atoms with Gasteiger partial charge < -0.3 is 15.7 Å². The lowest BCUT2D eigenvalue weighted by atomic mass is 10.1. The van der Waals surface area contributed by atoms with Gasteiger partial charge in [0.2, 0.25) is 0 Å². The maximum atomic E-state index is 12.1. The third-order valence-electron chi connectivity index (χ3n) is 3.90. The lowest BCUT2D eigenvalue weighted by molar-refractivity contribution is -0.136. The van der Waals surface area contributed by atoms with Crippen LogP contribution < -0.4 is 10.6 Å². The minimum atomic E-state index is -0.732. The Morgan fingerprint density at radius 1 is 0.800 bits per heavy atom. The first kappa shape index (κ1) is 16.5. The predicted molar refractivity (Wildman–Crippen MR) is 97.4 cm³/mol. The predicted octanol–water partition coefficient (Wildman–Crippen LogP) is 2.84. The van der Waals surface area contributed by atoms with E-state index in [0.29, 0.717) is 29.4 Å². The molecule has 5 nitrogen and oxygen atoms in total. The topological polar surface area (TPSA) is 78.4 Å². The van der Waals surface area contributed by atoms with Crippen LogP contribution in [0, 0.1) is 0 Å². The Hall–Kier alpha value is -3.34. The van der Waals surface area contributed by atoms with E-state index in [4.69, 9.17) is 0 Å². The molecule has 3 aromatic rings. The van der Waals surface area contributed by atoms with Crippen LogP contribution in [0.3, 0.4) is 0 Å². The van der Waals surface area contributed by atoms with E-state index in [-0.39, 0.29) is 5.75 Å². The van der Waals surface area contributed by atoms with Gasteiger partial charge in [-0.1, -0.05) is 54.6 Å². The molecule has 0 saturated heterocycles. The van der Waals surface area contributed by atoms with E-state index < -0.39 is 11.8 Å². The summed E-state index contributed by atoms with van der Waals surface area (Å²) < 4.78 is 0. The second-order valence-corrected chi connectivity index (χ2v) is 5.62. The van der Waals surface area contributed by atoms with Gasteiger partial charge in [-0.25, -0.2) is 0 Å². The number of amides is 2. The summed E-state index contributed by atoms with van der Waals surface area (Å²) in [4.78, 5) is 24.1. The van der Waals surface area contributed by atoms with Crippen molar-refractivity contribution in [3.05, 3.63) is 72.3 Å². The van der Waals surface area contributed by atoms with E-state index in [1.54, 1.807) is 36.4 Å². The van der Waals surface area contributed by atoms with Crippen LogP contribution in [0.1, 0.15) is 5.56 Å². The van der Waals surface area contributed by atoms with Crippen molar-refractivity contribution in [2.75, 3.05) is 11.9 Å². The third kappa shape index (κ3) is 3.95. The molecular weight excluding hydrogens is 316 g/mol. The van der Waals surface area contributed by atoms with Gasteiger partial charge >= 0.3 is 11.8 Å². The molecule has 5 heteroatoms. The molecule has 0 aliphatic heterocycles. The van der Waals surface area contributed by atoms with E-state index in [0.717, 1.165) is 5.56 Å². The third-order valence-corrected chi connectivity index (χ3v) is 3.90. The van der Waals surface area contributed by atoms with Crippen molar-refractivity contribution in [1.82, 2.24) is 5.32 Å². The lowest BCUT2D eigenvalue weighted by Gasteiger charge is -2.10. The highest BCUT2D eigenvalue weighted by molar-refractivity contribution is 6.40. The summed E-state index contributed by atoms with van der Waals surface area (Å²) >= 11 is 0. The van der Waals surface area contributed by atoms with Gasteiger partial charge in [0.25, 0.3) is 0 Å². The number of nitrogens with one attached hydrogen (secondary N) is 2. The zero-order valence-corrected chi connectivity index (χ0v) is 13.5. The van der Waals surface area contributed by atoms with Crippen LogP contribution in [0.5, 0.6) is 5.75 Å². The van der Waals surface area contributed by atoms with Gasteiger partial charge in [-0.3, -0.25) is 9.59 Å². The molecule has 0 spiro atoms. The van der Waals surface area contributed by atoms with Crippen molar-refractivity contribution < 1.29 is 14.7 Å². The van der Waals surface area contributed by atoms with Gasteiger partial charge in [0, 0.05) is 23.0 Å². The van der Waals surface area contributed by atoms with Crippen LogP contribution in [-0.2, 0) is 16.0 Å². The van der Waals surface area contributed by atoms with Gasteiger partial charge in [-0.05, 0) is 24.1 Å². The van der Waals surface area contributed by atoms with E-state index >= 15 is 0 Å². The summed E-state index contributed by atoms with van der Waals surface area (Å²) in [7, 11) is 0. The number of carbonyl (C=O) groups is 2. The molecule has 0 heterocycles. The van der Waals surface area contributed by atoms with Gasteiger partial charge in [0.05, 0.1) is 0 Å². The number of aromatic hydroxyl groups is 1.